The van der Waals surface area contributed by atoms with E-state index >= 15 is 0 Å². The van der Waals surface area contributed by atoms with E-state index in [1.54, 1.807) is 6.33 Å². The lowest BCUT2D eigenvalue weighted by molar-refractivity contribution is 0.624. The van der Waals surface area contributed by atoms with Gasteiger partial charge in [-0.15, -0.1) is 0 Å². The van der Waals surface area contributed by atoms with Gasteiger partial charge in [0, 0.05) is 37.3 Å². The highest BCUT2D eigenvalue weighted by Crippen LogP contribution is 2.29. The van der Waals surface area contributed by atoms with Crippen LogP contribution >= 0.6 is 0 Å². The Hall–Kier alpha value is -1.94. The Morgan fingerprint density at radius 3 is 3.00 bits per heavy atom. The van der Waals surface area contributed by atoms with Crippen molar-refractivity contribution in [2.75, 3.05) is 18.0 Å². The molecule has 3 rings (SSSR count). The van der Waals surface area contributed by atoms with Crippen LogP contribution in [-0.2, 0) is 13.0 Å². The van der Waals surface area contributed by atoms with Gasteiger partial charge in [0.1, 0.15) is 12.1 Å². The molecule has 2 heterocycles. The first-order chi connectivity index (χ1) is 9.79. The zero-order chi connectivity index (χ0) is 13.9. The summed E-state index contributed by atoms with van der Waals surface area (Å²) in [5.41, 5.74) is 4.88. The number of fused-ring (bicyclic) bond motifs is 1. The fourth-order valence-corrected chi connectivity index (χ4v) is 2.74. The maximum atomic E-state index is 4.54. The van der Waals surface area contributed by atoms with Crippen molar-refractivity contribution in [1.29, 1.82) is 0 Å². The van der Waals surface area contributed by atoms with Crippen LogP contribution in [0.3, 0.4) is 0 Å². The molecule has 0 atom stereocenters. The standard InChI is InChI=1S/C16H20N4/c1-3-20(13-6-4-5-12(2)9-13)16-14-10-17-8-7-15(14)18-11-19-16/h4-6,9,11,17H,3,7-8,10H2,1-2H3. The molecule has 1 aromatic carbocycles. The fraction of sp³-hybridized carbons (Fsp3) is 0.375. The van der Waals surface area contributed by atoms with E-state index in [2.05, 4.69) is 58.3 Å². The van der Waals surface area contributed by atoms with Crippen molar-refractivity contribution >= 4 is 11.5 Å². The summed E-state index contributed by atoms with van der Waals surface area (Å²) >= 11 is 0. The Balaban J connectivity index is 2.06. The van der Waals surface area contributed by atoms with Gasteiger partial charge in [0.05, 0.1) is 5.69 Å². The molecule has 4 heteroatoms. The molecule has 0 aliphatic carbocycles. The Morgan fingerprint density at radius 2 is 2.20 bits per heavy atom. The molecule has 0 fully saturated rings. The normalized spacial score (nSPS) is 13.9. The van der Waals surface area contributed by atoms with Gasteiger partial charge < -0.3 is 10.2 Å². The number of anilines is 2. The first-order valence-corrected chi connectivity index (χ1v) is 7.17. The highest BCUT2D eigenvalue weighted by Gasteiger charge is 2.19. The Labute approximate surface area is 119 Å². The van der Waals surface area contributed by atoms with Crippen LogP contribution < -0.4 is 10.2 Å². The predicted octanol–water partition coefficient (Wildman–Crippen LogP) is 2.59. The smallest absolute Gasteiger partial charge is 0.141 e. The van der Waals surface area contributed by atoms with Crippen LogP contribution in [0.4, 0.5) is 11.5 Å². The third kappa shape index (κ3) is 2.39. The molecule has 4 nitrogen and oxygen atoms in total. The summed E-state index contributed by atoms with van der Waals surface area (Å²) in [6.07, 6.45) is 2.67. The molecule has 0 amide bonds. The number of hydrogen-bond donors (Lipinski definition) is 1. The van der Waals surface area contributed by atoms with E-state index in [0.29, 0.717) is 0 Å². The maximum absolute atomic E-state index is 4.54. The summed E-state index contributed by atoms with van der Waals surface area (Å²) in [6.45, 7) is 7.03. The van der Waals surface area contributed by atoms with Crippen LogP contribution in [-0.4, -0.2) is 23.1 Å². The van der Waals surface area contributed by atoms with Gasteiger partial charge in [0.15, 0.2) is 0 Å². The minimum atomic E-state index is 0.855. The number of nitrogens with one attached hydrogen (secondary N) is 1. The van der Waals surface area contributed by atoms with Gasteiger partial charge >= 0.3 is 0 Å². The van der Waals surface area contributed by atoms with Crippen LogP contribution in [0.5, 0.6) is 0 Å². The first kappa shape index (κ1) is 13.1. The van der Waals surface area contributed by atoms with Gasteiger partial charge in [0.25, 0.3) is 0 Å². The SMILES string of the molecule is CCN(c1cccc(C)c1)c1ncnc2c1CNCC2. The second kappa shape index (κ2) is 5.59. The van der Waals surface area contributed by atoms with E-state index in [-0.39, 0.29) is 0 Å². The molecule has 1 aliphatic heterocycles. The van der Waals surface area contributed by atoms with Crippen molar-refractivity contribution in [3.63, 3.8) is 0 Å². The van der Waals surface area contributed by atoms with Gasteiger partial charge in [0.2, 0.25) is 0 Å². The highest BCUT2D eigenvalue weighted by atomic mass is 15.2. The van der Waals surface area contributed by atoms with Gasteiger partial charge in [-0.3, -0.25) is 0 Å². The predicted molar refractivity (Wildman–Crippen MR) is 81.3 cm³/mol. The van der Waals surface area contributed by atoms with Crippen LogP contribution in [0.1, 0.15) is 23.7 Å². The maximum Gasteiger partial charge on any atom is 0.141 e. The zero-order valence-electron chi connectivity index (χ0n) is 12.1. The van der Waals surface area contributed by atoms with E-state index in [1.807, 2.05) is 0 Å². The quantitative estimate of drug-likeness (QED) is 0.929. The molecule has 0 spiro atoms. The number of nitrogens with zero attached hydrogens (tertiary/aromatic N) is 3. The lowest BCUT2D eigenvalue weighted by Gasteiger charge is -2.27. The summed E-state index contributed by atoms with van der Waals surface area (Å²) in [4.78, 5) is 11.2. The average Bonchev–Trinajstić information content (AvgIpc) is 2.48. The Kier molecular flexibility index (Phi) is 3.65. The number of aryl methyl sites for hydroxylation is 1. The van der Waals surface area contributed by atoms with Crippen molar-refractivity contribution in [3.05, 3.63) is 47.4 Å². The number of hydrogen-bond acceptors (Lipinski definition) is 4. The number of benzene rings is 1. The summed E-state index contributed by atoms with van der Waals surface area (Å²) in [5.74, 6) is 1.04. The largest absolute Gasteiger partial charge is 0.326 e. The molecule has 0 radical (unpaired) electrons. The van der Waals surface area contributed by atoms with Gasteiger partial charge in [-0.2, -0.15) is 0 Å². The van der Waals surface area contributed by atoms with E-state index in [4.69, 9.17) is 0 Å². The van der Waals surface area contributed by atoms with E-state index < -0.39 is 0 Å². The molecule has 1 aliphatic rings. The van der Waals surface area contributed by atoms with Crippen molar-refractivity contribution in [3.8, 4) is 0 Å². The number of aromatic nitrogens is 2. The van der Waals surface area contributed by atoms with Crippen molar-refractivity contribution < 1.29 is 0 Å². The molecule has 104 valence electrons. The third-order valence-electron chi connectivity index (χ3n) is 3.74. The second-order valence-electron chi connectivity index (χ2n) is 5.13. The summed E-state index contributed by atoms with van der Waals surface area (Å²) in [6, 6.07) is 8.56. The monoisotopic (exact) mass is 268 g/mol. The van der Waals surface area contributed by atoms with E-state index in [9.17, 15) is 0 Å². The lowest BCUT2D eigenvalue weighted by Crippen LogP contribution is -2.28. The van der Waals surface area contributed by atoms with Gasteiger partial charge in [-0.25, -0.2) is 9.97 Å². The molecular formula is C16H20N4. The lowest BCUT2D eigenvalue weighted by atomic mass is 10.1. The topological polar surface area (TPSA) is 41.1 Å². The van der Waals surface area contributed by atoms with Gasteiger partial charge in [-0.05, 0) is 31.5 Å². The summed E-state index contributed by atoms with van der Waals surface area (Å²) in [5, 5.41) is 3.42. The minimum absolute atomic E-state index is 0.855. The molecule has 0 saturated heterocycles. The summed E-state index contributed by atoms with van der Waals surface area (Å²) < 4.78 is 0. The number of rotatable bonds is 3. The van der Waals surface area contributed by atoms with Gasteiger partial charge in [-0.1, -0.05) is 12.1 Å². The average molecular weight is 268 g/mol. The molecule has 0 unspecified atom stereocenters. The fourth-order valence-electron chi connectivity index (χ4n) is 2.74. The first-order valence-electron chi connectivity index (χ1n) is 7.17. The molecule has 2 aromatic rings. The summed E-state index contributed by atoms with van der Waals surface area (Å²) in [7, 11) is 0. The van der Waals surface area contributed by atoms with Crippen LogP contribution in [0.15, 0.2) is 30.6 Å². The minimum Gasteiger partial charge on any atom is -0.326 e. The van der Waals surface area contributed by atoms with Crippen LogP contribution in [0, 0.1) is 6.92 Å². The molecule has 20 heavy (non-hydrogen) atoms. The molecule has 0 saturated carbocycles. The van der Waals surface area contributed by atoms with Crippen molar-refractivity contribution in [2.24, 2.45) is 0 Å². The molecule has 1 N–H and O–H groups in total. The second-order valence-corrected chi connectivity index (χ2v) is 5.13. The molecule has 0 bridgehead atoms. The Bertz CT molecular complexity index is 609. The van der Waals surface area contributed by atoms with E-state index in [1.165, 1.54) is 22.5 Å². The molecule has 1 aromatic heterocycles. The van der Waals surface area contributed by atoms with Crippen molar-refractivity contribution in [2.45, 2.75) is 26.8 Å². The van der Waals surface area contributed by atoms with Crippen LogP contribution in [0.25, 0.3) is 0 Å². The third-order valence-corrected chi connectivity index (χ3v) is 3.74. The molecular weight excluding hydrogens is 248 g/mol. The van der Waals surface area contributed by atoms with E-state index in [0.717, 1.165) is 31.9 Å². The highest BCUT2D eigenvalue weighted by molar-refractivity contribution is 5.64. The Morgan fingerprint density at radius 1 is 1.30 bits per heavy atom. The zero-order valence-corrected chi connectivity index (χ0v) is 12.1. The van der Waals surface area contributed by atoms with Crippen LogP contribution in [0.2, 0.25) is 0 Å². The van der Waals surface area contributed by atoms with Crippen molar-refractivity contribution in [1.82, 2.24) is 15.3 Å².